The van der Waals surface area contributed by atoms with Crippen molar-refractivity contribution in [3.05, 3.63) is 173 Å². The van der Waals surface area contributed by atoms with Gasteiger partial charge in [-0.15, -0.1) is 0 Å². The van der Waals surface area contributed by atoms with Crippen LogP contribution in [-0.4, -0.2) is 52.2 Å². The fourth-order valence-corrected chi connectivity index (χ4v) is 6.87. The van der Waals surface area contributed by atoms with Crippen LogP contribution in [0.2, 0.25) is 0 Å². The SMILES string of the molecule is Cc1ccc(S(=O)(=O)OC[C@@H]2O[C@H](COCc3ccccc3)[C@@H](OCc3ccccc3)[C@H](OCc3ccccc3)[C@H]2OCc2ccccc2)cc1. The average Bonchev–Trinajstić information content (AvgIpc) is 3.17. The summed E-state index contributed by atoms with van der Waals surface area (Å²) in [7, 11) is -4.11. The summed E-state index contributed by atoms with van der Waals surface area (Å²) in [5.41, 5.74) is 4.86. The van der Waals surface area contributed by atoms with Gasteiger partial charge >= 0.3 is 0 Å². The molecule has 8 nitrogen and oxygen atoms in total. The largest absolute Gasteiger partial charge is 0.374 e. The van der Waals surface area contributed by atoms with Crippen LogP contribution in [0.5, 0.6) is 0 Å². The van der Waals surface area contributed by atoms with Gasteiger partial charge < -0.3 is 23.7 Å². The van der Waals surface area contributed by atoms with Gasteiger partial charge in [-0.25, -0.2) is 0 Å². The second-order valence-electron chi connectivity index (χ2n) is 12.5. The smallest absolute Gasteiger partial charge is 0.297 e. The molecule has 1 saturated heterocycles. The van der Waals surface area contributed by atoms with E-state index in [0.717, 1.165) is 27.8 Å². The molecule has 0 N–H and O–H groups in total. The summed E-state index contributed by atoms with van der Waals surface area (Å²) in [6, 6.07) is 46.0. The maximum absolute atomic E-state index is 13.4. The zero-order valence-corrected chi connectivity index (χ0v) is 29.5. The molecule has 0 spiro atoms. The van der Waals surface area contributed by atoms with E-state index in [0.29, 0.717) is 13.2 Å². The first kappa shape index (κ1) is 36.6. The first-order chi connectivity index (χ1) is 24.9. The van der Waals surface area contributed by atoms with Crippen LogP contribution >= 0.6 is 0 Å². The number of rotatable bonds is 17. The Morgan fingerprint density at radius 2 is 0.882 bits per heavy atom. The van der Waals surface area contributed by atoms with Crippen molar-refractivity contribution in [2.45, 2.75) is 68.8 Å². The van der Waals surface area contributed by atoms with Crippen LogP contribution in [0.4, 0.5) is 0 Å². The highest BCUT2D eigenvalue weighted by Crippen LogP contribution is 2.32. The van der Waals surface area contributed by atoms with Crippen LogP contribution in [-0.2, 0) is 64.4 Å². The monoisotopic (exact) mass is 708 g/mol. The summed E-state index contributed by atoms with van der Waals surface area (Å²) in [4.78, 5) is 0.0642. The molecule has 1 fully saturated rings. The standard InChI is InChI=1S/C42H44O8S/c1-32-22-24-37(25-23-32)51(43,44)49-31-39-41(47-28-35-18-10-4-11-19-35)42(48-29-36-20-12-5-13-21-36)40(46-27-34-16-8-3-9-17-34)38(50-39)30-45-26-33-14-6-2-7-15-33/h2-25,38-42H,26-31H2,1H3/t38-,39+,40-,41+,42+/m1/s1. The number of ether oxygens (including phenoxy) is 5. The minimum absolute atomic E-state index is 0.0642. The van der Waals surface area contributed by atoms with Crippen LogP contribution in [0.25, 0.3) is 0 Å². The van der Waals surface area contributed by atoms with Crippen LogP contribution in [0.1, 0.15) is 27.8 Å². The summed E-state index contributed by atoms with van der Waals surface area (Å²) < 4.78 is 65.5. The Morgan fingerprint density at radius 3 is 1.33 bits per heavy atom. The second-order valence-corrected chi connectivity index (χ2v) is 14.2. The van der Waals surface area contributed by atoms with Crippen molar-refractivity contribution in [3.8, 4) is 0 Å². The summed E-state index contributed by atoms with van der Waals surface area (Å²) in [5.74, 6) is 0. The molecule has 6 rings (SSSR count). The van der Waals surface area contributed by atoms with Gasteiger partial charge in [0.1, 0.15) is 30.5 Å². The fourth-order valence-electron chi connectivity index (χ4n) is 5.95. The van der Waals surface area contributed by atoms with Gasteiger partial charge in [0.2, 0.25) is 0 Å². The molecule has 0 radical (unpaired) electrons. The Bertz CT molecular complexity index is 1840. The Kier molecular flexibility index (Phi) is 13.2. The Balaban J connectivity index is 1.31. The van der Waals surface area contributed by atoms with Crippen LogP contribution in [0.15, 0.2) is 150 Å². The molecule has 5 aromatic carbocycles. The van der Waals surface area contributed by atoms with E-state index in [1.54, 1.807) is 12.1 Å². The van der Waals surface area contributed by atoms with Crippen LogP contribution in [0.3, 0.4) is 0 Å². The first-order valence-corrected chi connectivity index (χ1v) is 18.6. The Hall–Kier alpha value is -4.19. The lowest BCUT2D eigenvalue weighted by Gasteiger charge is -2.46. The summed E-state index contributed by atoms with van der Waals surface area (Å²) in [5, 5.41) is 0. The van der Waals surface area contributed by atoms with Gasteiger partial charge in [-0.3, -0.25) is 4.18 Å². The first-order valence-electron chi connectivity index (χ1n) is 17.1. The molecule has 5 aromatic rings. The molecule has 5 atom stereocenters. The third-order valence-electron chi connectivity index (χ3n) is 8.68. The highest BCUT2D eigenvalue weighted by molar-refractivity contribution is 7.86. The molecule has 0 saturated carbocycles. The molecule has 266 valence electrons. The predicted octanol–water partition coefficient (Wildman–Crippen LogP) is 7.44. The molecule has 0 aromatic heterocycles. The molecule has 51 heavy (non-hydrogen) atoms. The maximum Gasteiger partial charge on any atom is 0.297 e. The quantitative estimate of drug-likeness (QED) is 0.0922. The molecular formula is C42H44O8S. The molecule has 1 aliphatic rings. The summed E-state index contributed by atoms with van der Waals surface area (Å²) in [6.07, 6.45) is -3.60. The minimum Gasteiger partial charge on any atom is -0.374 e. The lowest BCUT2D eigenvalue weighted by atomic mass is 9.94. The lowest BCUT2D eigenvalue weighted by Crippen LogP contribution is -2.62. The van der Waals surface area contributed by atoms with Crippen molar-refractivity contribution < 1.29 is 36.3 Å². The molecule has 0 unspecified atom stereocenters. The number of hydrogen-bond acceptors (Lipinski definition) is 8. The third kappa shape index (κ3) is 10.7. The van der Waals surface area contributed by atoms with Gasteiger partial charge in [-0.2, -0.15) is 8.42 Å². The number of hydrogen-bond donors (Lipinski definition) is 0. The van der Waals surface area contributed by atoms with Gasteiger partial charge in [0.05, 0.1) is 44.5 Å². The van der Waals surface area contributed by atoms with Crippen LogP contribution < -0.4 is 0 Å². The highest BCUT2D eigenvalue weighted by atomic mass is 32.2. The van der Waals surface area contributed by atoms with Crippen molar-refractivity contribution in [1.82, 2.24) is 0 Å². The van der Waals surface area contributed by atoms with E-state index in [-0.39, 0.29) is 31.3 Å². The van der Waals surface area contributed by atoms with E-state index in [2.05, 4.69) is 0 Å². The summed E-state index contributed by atoms with van der Waals surface area (Å²) >= 11 is 0. The normalized spacial score (nSPS) is 20.6. The van der Waals surface area contributed by atoms with Crippen molar-refractivity contribution in [3.63, 3.8) is 0 Å². The van der Waals surface area contributed by atoms with Crippen molar-refractivity contribution in [2.24, 2.45) is 0 Å². The predicted molar refractivity (Wildman–Crippen MR) is 194 cm³/mol. The Labute approximate surface area is 301 Å². The van der Waals surface area contributed by atoms with Gasteiger partial charge in [-0.05, 0) is 41.3 Å². The minimum atomic E-state index is -4.11. The molecule has 9 heteroatoms. The molecular weight excluding hydrogens is 665 g/mol. The number of benzene rings is 5. The van der Waals surface area contributed by atoms with E-state index in [1.807, 2.05) is 128 Å². The molecule has 0 bridgehead atoms. The molecule has 1 heterocycles. The van der Waals surface area contributed by atoms with E-state index >= 15 is 0 Å². The van der Waals surface area contributed by atoms with Gasteiger partial charge in [-0.1, -0.05) is 139 Å². The van der Waals surface area contributed by atoms with Crippen molar-refractivity contribution in [1.29, 1.82) is 0 Å². The molecule has 0 amide bonds. The number of aryl methyl sites for hydroxylation is 1. The lowest BCUT2D eigenvalue weighted by molar-refractivity contribution is -0.276. The van der Waals surface area contributed by atoms with Crippen molar-refractivity contribution >= 4 is 10.1 Å². The maximum atomic E-state index is 13.4. The van der Waals surface area contributed by atoms with E-state index < -0.39 is 40.6 Å². The summed E-state index contributed by atoms with van der Waals surface area (Å²) in [6.45, 7) is 2.92. The van der Waals surface area contributed by atoms with Gasteiger partial charge in [0, 0.05) is 0 Å². The molecule has 0 aliphatic carbocycles. The third-order valence-corrected chi connectivity index (χ3v) is 9.97. The van der Waals surface area contributed by atoms with Crippen molar-refractivity contribution in [2.75, 3.05) is 13.2 Å². The van der Waals surface area contributed by atoms with Gasteiger partial charge in [0.25, 0.3) is 10.1 Å². The van der Waals surface area contributed by atoms with E-state index in [1.165, 1.54) is 12.1 Å². The van der Waals surface area contributed by atoms with E-state index in [4.69, 9.17) is 27.9 Å². The zero-order valence-electron chi connectivity index (χ0n) is 28.7. The Morgan fingerprint density at radius 1 is 0.490 bits per heavy atom. The highest BCUT2D eigenvalue weighted by Gasteiger charge is 2.49. The fraction of sp³-hybridized carbons (Fsp3) is 0.286. The zero-order chi connectivity index (χ0) is 35.3. The van der Waals surface area contributed by atoms with E-state index in [9.17, 15) is 8.42 Å². The van der Waals surface area contributed by atoms with Gasteiger partial charge in [0.15, 0.2) is 0 Å². The topological polar surface area (TPSA) is 89.5 Å². The molecule has 1 aliphatic heterocycles. The van der Waals surface area contributed by atoms with Crippen LogP contribution in [0, 0.1) is 6.92 Å². The second kappa shape index (κ2) is 18.3. The average molecular weight is 709 g/mol.